The zero-order chi connectivity index (χ0) is 30.0. The average Bonchev–Trinajstić information content (AvgIpc) is 3.66. The van der Waals surface area contributed by atoms with E-state index in [9.17, 15) is 14.7 Å². The zero-order valence-corrected chi connectivity index (χ0v) is 24.2. The predicted octanol–water partition coefficient (Wildman–Crippen LogP) is 5.29. The summed E-state index contributed by atoms with van der Waals surface area (Å²) >= 11 is 1.50. The average molecular weight is 606 g/mol. The Morgan fingerprint density at radius 2 is 1.43 bits per heavy atom. The Morgan fingerprint density at radius 1 is 0.773 bits per heavy atom. The number of hydrogen-bond donors (Lipinski definition) is 1. The molecule has 0 spiro atoms. The first-order valence-corrected chi connectivity index (χ1v) is 15.1. The number of thioether (sulfide) groups is 1. The van der Waals surface area contributed by atoms with Crippen LogP contribution in [0.25, 0.3) is 5.69 Å². The first-order valence-electron chi connectivity index (χ1n) is 14.1. The summed E-state index contributed by atoms with van der Waals surface area (Å²) in [7, 11) is 0. The van der Waals surface area contributed by atoms with Crippen LogP contribution in [-0.2, 0) is 16.1 Å². The summed E-state index contributed by atoms with van der Waals surface area (Å²) in [4.78, 5) is 27.2. The molecule has 7 rings (SSSR count). The van der Waals surface area contributed by atoms with Crippen LogP contribution in [0.15, 0.2) is 108 Å². The van der Waals surface area contributed by atoms with Crippen molar-refractivity contribution in [3.05, 3.63) is 131 Å². The van der Waals surface area contributed by atoms with Gasteiger partial charge in [-0.3, -0.25) is 9.59 Å². The Bertz CT molecular complexity index is 1760. The molecular formula is C33H27N5O5S. The van der Waals surface area contributed by atoms with Crippen molar-refractivity contribution in [1.82, 2.24) is 20.2 Å². The highest BCUT2D eigenvalue weighted by Gasteiger charge is 2.37. The minimum absolute atomic E-state index is 0.0353. The predicted molar refractivity (Wildman–Crippen MR) is 162 cm³/mol. The molecule has 2 aliphatic rings. The van der Waals surface area contributed by atoms with Crippen LogP contribution < -0.4 is 4.90 Å². The largest absolute Gasteiger partial charge is 0.392 e. The van der Waals surface area contributed by atoms with Crippen molar-refractivity contribution in [1.29, 1.82) is 0 Å². The molecule has 1 aromatic heterocycles. The lowest BCUT2D eigenvalue weighted by Gasteiger charge is -2.36. The molecule has 1 saturated heterocycles. The van der Waals surface area contributed by atoms with E-state index in [1.165, 1.54) is 16.7 Å². The fourth-order valence-corrected chi connectivity index (χ4v) is 6.30. The van der Waals surface area contributed by atoms with Gasteiger partial charge >= 0.3 is 0 Å². The second kappa shape index (κ2) is 12.1. The summed E-state index contributed by atoms with van der Waals surface area (Å²) in [6, 6.07) is 31.3. The van der Waals surface area contributed by atoms with Crippen LogP contribution in [0, 0.1) is 0 Å². The van der Waals surface area contributed by atoms with Crippen LogP contribution in [0.2, 0.25) is 0 Å². The number of amides is 2. The van der Waals surface area contributed by atoms with E-state index in [0.29, 0.717) is 34.1 Å². The van der Waals surface area contributed by atoms with Crippen LogP contribution >= 0.6 is 11.8 Å². The lowest BCUT2D eigenvalue weighted by Crippen LogP contribution is -2.31. The number of hydrogen-bond acceptors (Lipinski definition) is 9. The molecule has 4 aromatic carbocycles. The highest BCUT2D eigenvalue weighted by Crippen LogP contribution is 2.40. The lowest BCUT2D eigenvalue weighted by molar-refractivity contribution is -0.245. The maximum atomic E-state index is 13.0. The van der Waals surface area contributed by atoms with Crippen molar-refractivity contribution in [2.24, 2.45) is 0 Å². The van der Waals surface area contributed by atoms with Gasteiger partial charge in [0.25, 0.3) is 11.8 Å². The van der Waals surface area contributed by atoms with Gasteiger partial charge in [0.2, 0.25) is 5.16 Å². The Kier molecular flexibility index (Phi) is 7.75. The number of aliphatic hydroxyl groups is 1. The SMILES string of the molecule is O=C1c2ccccc2C(=O)N1c1ccc([C@H]2O[C@@H](CSc3nnnn3-c3ccccc3)C[C@@H](c3ccc(CO)cc3)O2)cc1. The van der Waals surface area contributed by atoms with E-state index in [0.717, 1.165) is 22.4 Å². The fourth-order valence-electron chi connectivity index (χ4n) is 5.39. The Morgan fingerprint density at radius 3 is 2.11 bits per heavy atom. The topological polar surface area (TPSA) is 120 Å². The highest BCUT2D eigenvalue weighted by molar-refractivity contribution is 7.99. The van der Waals surface area contributed by atoms with Crippen molar-refractivity contribution >= 4 is 29.3 Å². The molecule has 5 aromatic rings. The third-order valence-corrected chi connectivity index (χ3v) is 8.72. The number of tetrazole rings is 1. The van der Waals surface area contributed by atoms with Gasteiger partial charge in [0.1, 0.15) is 0 Å². The summed E-state index contributed by atoms with van der Waals surface area (Å²) in [5.41, 5.74) is 4.69. The van der Waals surface area contributed by atoms with E-state index in [4.69, 9.17) is 9.47 Å². The number of ether oxygens (including phenoxy) is 2. The number of nitrogens with zero attached hydrogens (tertiary/aromatic N) is 5. The van der Waals surface area contributed by atoms with Crippen LogP contribution in [-0.4, -0.2) is 49.0 Å². The summed E-state index contributed by atoms with van der Waals surface area (Å²) in [6.45, 7) is -0.0353. The molecule has 0 bridgehead atoms. The number of rotatable bonds is 8. The van der Waals surface area contributed by atoms with Crippen molar-refractivity contribution in [2.75, 3.05) is 10.7 Å². The number of imide groups is 1. The monoisotopic (exact) mass is 605 g/mol. The normalized spacial score (nSPS) is 19.8. The molecule has 2 aliphatic heterocycles. The molecule has 1 fully saturated rings. The maximum absolute atomic E-state index is 13.0. The lowest BCUT2D eigenvalue weighted by atomic mass is 10.0. The van der Waals surface area contributed by atoms with E-state index < -0.39 is 6.29 Å². The van der Waals surface area contributed by atoms with Gasteiger partial charge in [0.15, 0.2) is 6.29 Å². The quantitative estimate of drug-likeness (QED) is 0.186. The van der Waals surface area contributed by atoms with Crippen LogP contribution in [0.3, 0.4) is 0 Å². The molecule has 1 N–H and O–H groups in total. The molecular weight excluding hydrogens is 578 g/mol. The summed E-state index contributed by atoms with van der Waals surface area (Å²) < 4.78 is 14.6. The van der Waals surface area contributed by atoms with Crippen LogP contribution in [0.5, 0.6) is 0 Å². The molecule has 11 heteroatoms. The Balaban J connectivity index is 1.12. The standard InChI is InChI=1S/C33H27N5O5S/c39-19-21-10-12-22(13-11-21)29-18-26(20-44-33-34-35-36-38(33)25-6-2-1-3-7-25)42-32(43-29)23-14-16-24(17-15-23)37-30(40)27-8-4-5-9-28(27)31(37)41/h1-17,26,29,32,39H,18-20H2/t26-,29+,32+/m1/s1. The molecule has 0 aliphatic carbocycles. The molecule has 0 unspecified atom stereocenters. The van der Waals surface area contributed by atoms with Crippen molar-refractivity contribution in [3.63, 3.8) is 0 Å². The number of aliphatic hydroxyl groups excluding tert-OH is 1. The number of aromatic nitrogens is 4. The third kappa shape index (κ3) is 5.42. The molecule has 2 amide bonds. The molecule has 0 radical (unpaired) electrons. The van der Waals surface area contributed by atoms with Gasteiger partial charge in [0.05, 0.1) is 41.3 Å². The molecule has 220 valence electrons. The summed E-state index contributed by atoms with van der Waals surface area (Å²) in [5, 5.41) is 22.4. The first kappa shape index (κ1) is 28.1. The number of carbonyl (C=O) groups excluding carboxylic acids is 2. The highest BCUT2D eigenvalue weighted by atomic mass is 32.2. The minimum Gasteiger partial charge on any atom is -0.392 e. The molecule has 3 heterocycles. The number of carbonyl (C=O) groups is 2. The van der Waals surface area contributed by atoms with Gasteiger partial charge in [-0.25, -0.2) is 4.90 Å². The van der Waals surface area contributed by atoms with Gasteiger partial charge in [-0.1, -0.05) is 78.5 Å². The summed E-state index contributed by atoms with van der Waals surface area (Å²) in [6.07, 6.45) is -0.577. The van der Waals surface area contributed by atoms with E-state index in [1.54, 1.807) is 41.1 Å². The zero-order valence-electron chi connectivity index (χ0n) is 23.4. The summed E-state index contributed by atoms with van der Waals surface area (Å²) in [5.74, 6) is -0.111. The van der Waals surface area contributed by atoms with Gasteiger partial charge < -0.3 is 14.6 Å². The van der Waals surface area contributed by atoms with Crippen molar-refractivity contribution in [2.45, 2.75) is 36.7 Å². The molecule has 44 heavy (non-hydrogen) atoms. The Hall–Kier alpha value is -4.68. The number of fused-ring (bicyclic) bond motifs is 1. The van der Waals surface area contributed by atoms with Gasteiger partial charge in [-0.15, -0.1) is 5.10 Å². The first-order chi connectivity index (χ1) is 21.6. The van der Waals surface area contributed by atoms with Gasteiger partial charge in [-0.05, 0) is 58.0 Å². The van der Waals surface area contributed by atoms with Crippen LogP contribution in [0.1, 0.15) is 56.2 Å². The van der Waals surface area contributed by atoms with E-state index in [1.807, 2.05) is 66.7 Å². The van der Waals surface area contributed by atoms with Gasteiger partial charge in [0, 0.05) is 17.7 Å². The Labute approximate surface area is 257 Å². The van der Waals surface area contributed by atoms with Gasteiger partial charge in [-0.2, -0.15) is 4.68 Å². The minimum atomic E-state index is -0.696. The molecule has 0 saturated carbocycles. The number of anilines is 1. The second-order valence-electron chi connectivity index (χ2n) is 10.5. The van der Waals surface area contributed by atoms with E-state index in [-0.39, 0.29) is 30.6 Å². The second-order valence-corrected chi connectivity index (χ2v) is 11.4. The fraction of sp³-hybridized carbons (Fsp3) is 0.182. The van der Waals surface area contributed by atoms with E-state index in [2.05, 4.69) is 15.5 Å². The van der Waals surface area contributed by atoms with E-state index >= 15 is 0 Å². The van der Waals surface area contributed by atoms with Crippen molar-refractivity contribution < 1.29 is 24.2 Å². The smallest absolute Gasteiger partial charge is 0.266 e. The van der Waals surface area contributed by atoms with Crippen molar-refractivity contribution in [3.8, 4) is 5.69 Å². The maximum Gasteiger partial charge on any atom is 0.266 e. The third-order valence-electron chi connectivity index (χ3n) is 7.67. The number of para-hydroxylation sites is 1. The number of benzene rings is 4. The van der Waals surface area contributed by atoms with Crippen LogP contribution in [0.4, 0.5) is 5.69 Å². The molecule has 10 nitrogen and oxygen atoms in total. The molecule has 3 atom stereocenters.